The van der Waals surface area contributed by atoms with Crippen molar-refractivity contribution in [2.45, 2.75) is 64.6 Å². The number of nitrogens with one attached hydrogen (secondary N) is 1. The Bertz CT molecular complexity index is 666. The van der Waals surface area contributed by atoms with E-state index in [1.165, 1.54) is 37.7 Å². The Morgan fingerprint density at radius 2 is 2.18 bits per heavy atom. The number of unbranched alkanes of at least 4 members (excludes halogenated alkanes) is 1. The van der Waals surface area contributed by atoms with Crippen molar-refractivity contribution in [1.29, 1.82) is 0 Å². The minimum Gasteiger partial charge on any atom is -0.390 e. The van der Waals surface area contributed by atoms with Crippen molar-refractivity contribution in [2.75, 3.05) is 19.7 Å². The first-order chi connectivity index (χ1) is 13.7. The molecule has 5 heteroatoms. The zero-order chi connectivity index (χ0) is 19.8. The molecule has 1 saturated heterocycles. The average molecular weight is 405 g/mol. The van der Waals surface area contributed by atoms with E-state index in [1.54, 1.807) is 0 Å². The van der Waals surface area contributed by atoms with E-state index in [-0.39, 0.29) is 12.2 Å². The Balaban J connectivity index is 1.78. The van der Waals surface area contributed by atoms with Crippen molar-refractivity contribution in [2.24, 2.45) is 11.1 Å². The molecule has 0 spiro atoms. The van der Waals surface area contributed by atoms with Crippen LogP contribution in [0.1, 0.15) is 57.9 Å². The van der Waals surface area contributed by atoms with E-state index in [2.05, 4.69) is 30.4 Å². The van der Waals surface area contributed by atoms with Crippen LogP contribution in [0.3, 0.4) is 0 Å². The lowest BCUT2D eigenvalue weighted by Crippen LogP contribution is -2.44. The van der Waals surface area contributed by atoms with Crippen LogP contribution in [0.5, 0.6) is 0 Å². The Hall–Kier alpha value is -1.36. The van der Waals surface area contributed by atoms with Crippen LogP contribution in [0.2, 0.25) is 5.02 Å². The molecule has 154 valence electrons. The summed E-state index contributed by atoms with van der Waals surface area (Å²) in [5.74, 6) is 0.477. The topological polar surface area (TPSA) is 42.8 Å². The minimum atomic E-state index is -0.0640. The lowest BCUT2D eigenvalue weighted by molar-refractivity contribution is -0.0755. The van der Waals surface area contributed by atoms with Crippen molar-refractivity contribution >= 4 is 23.4 Å². The summed E-state index contributed by atoms with van der Waals surface area (Å²) in [6.45, 7) is 6.75. The third kappa shape index (κ3) is 6.07. The maximum absolute atomic E-state index is 6.04. The Labute approximate surface area is 174 Å². The number of benzene rings is 1. The first kappa shape index (κ1) is 21.4. The van der Waals surface area contributed by atoms with E-state index in [0.717, 1.165) is 42.4 Å². The van der Waals surface area contributed by atoms with Gasteiger partial charge < -0.3 is 14.9 Å². The summed E-state index contributed by atoms with van der Waals surface area (Å²) in [6.07, 6.45) is 9.29. The number of hydrogen-bond acceptors (Lipinski definition) is 4. The van der Waals surface area contributed by atoms with Gasteiger partial charge in [0.05, 0.1) is 12.3 Å². The van der Waals surface area contributed by atoms with Crippen LogP contribution in [0.25, 0.3) is 6.08 Å². The summed E-state index contributed by atoms with van der Waals surface area (Å²) >= 11 is 6.04. The molecule has 3 rings (SSSR count). The second-order valence-corrected chi connectivity index (χ2v) is 8.29. The fraction of sp³-hybridized carbons (Fsp3) is 0.609. The van der Waals surface area contributed by atoms with Gasteiger partial charge in [-0.15, -0.1) is 0 Å². The number of nitrogens with zero attached hydrogens (tertiary/aromatic N) is 1. The van der Waals surface area contributed by atoms with E-state index >= 15 is 0 Å². The largest absolute Gasteiger partial charge is 0.390 e. The highest BCUT2D eigenvalue weighted by atomic mass is 35.5. The fourth-order valence-electron chi connectivity index (χ4n) is 3.93. The van der Waals surface area contributed by atoms with Gasteiger partial charge in [-0.05, 0) is 62.0 Å². The molecule has 0 amide bonds. The van der Waals surface area contributed by atoms with E-state index < -0.39 is 0 Å². The molecule has 2 fully saturated rings. The third-order valence-corrected chi connectivity index (χ3v) is 5.88. The summed E-state index contributed by atoms with van der Waals surface area (Å²) in [4.78, 5) is 5.98. The normalized spacial score (nSPS) is 27.1. The predicted octanol–water partition coefficient (Wildman–Crippen LogP) is 5.46. The highest BCUT2D eigenvalue weighted by molar-refractivity contribution is 6.30. The molecule has 1 aliphatic heterocycles. The maximum Gasteiger partial charge on any atom is 0.152 e. The van der Waals surface area contributed by atoms with Crippen LogP contribution < -0.4 is 5.32 Å². The number of hydrogen-bond donors (Lipinski definition) is 1. The molecule has 2 aliphatic rings. The van der Waals surface area contributed by atoms with Crippen LogP contribution in [-0.2, 0) is 9.57 Å². The van der Waals surface area contributed by atoms with Crippen LogP contribution >= 0.6 is 11.6 Å². The van der Waals surface area contributed by atoms with Gasteiger partial charge in [0.2, 0.25) is 0 Å². The summed E-state index contributed by atoms with van der Waals surface area (Å²) < 4.78 is 5.82. The van der Waals surface area contributed by atoms with Gasteiger partial charge in [0.1, 0.15) is 6.10 Å². The molecule has 1 saturated carbocycles. The van der Waals surface area contributed by atoms with Gasteiger partial charge in [0, 0.05) is 24.0 Å². The van der Waals surface area contributed by atoms with Crippen molar-refractivity contribution in [3.05, 3.63) is 40.4 Å². The first-order valence-corrected chi connectivity index (χ1v) is 11.1. The predicted molar refractivity (Wildman–Crippen MR) is 117 cm³/mol. The molecule has 1 aliphatic carbocycles. The molecule has 1 aromatic carbocycles. The average Bonchev–Trinajstić information content (AvgIpc) is 2.73. The molecule has 1 aromatic rings. The number of oxime groups is 1. The molecule has 3 atom stereocenters. The van der Waals surface area contributed by atoms with Gasteiger partial charge in [0.25, 0.3) is 0 Å². The zero-order valence-corrected chi connectivity index (χ0v) is 17.9. The van der Waals surface area contributed by atoms with E-state index in [1.807, 2.05) is 19.1 Å². The number of allylic oxidation sites excluding steroid dienone is 1. The fourth-order valence-corrected chi connectivity index (χ4v) is 4.06. The molecule has 1 heterocycles. The van der Waals surface area contributed by atoms with E-state index in [9.17, 15) is 0 Å². The molecule has 0 aromatic heterocycles. The lowest BCUT2D eigenvalue weighted by atomic mass is 9.80. The van der Waals surface area contributed by atoms with E-state index in [0.29, 0.717) is 5.92 Å². The van der Waals surface area contributed by atoms with Crippen LogP contribution in [0.15, 0.2) is 35.0 Å². The summed E-state index contributed by atoms with van der Waals surface area (Å²) in [7, 11) is 0. The molecule has 3 unspecified atom stereocenters. The monoisotopic (exact) mass is 404 g/mol. The summed E-state index contributed by atoms with van der Waals surface area (Å²) in [5.41, 5.74) is 3.59. The SMILES string of the molecule is CCCCC1CCCC(=C\c2ccc(Cl)cc2)/C1=N/OC(C)C1CNCCO1. The Morgan fingerprint density at radius 1 is 1.36 bits per heavy atom. The second-order valence-electron chi connectivity index (χ2n) is 7.85. The van der Waals surface area contributed by atoms with Gasteiger partial charge in [0.15, 0.2) is 6.10 Å². The van der Waals surface area contributed by atoms with Crippen molar-refractivity contribution < 1.29 is 9.57 Å². The standard InChI is InChI=1S/C23H33ClN2O2/c1-3-4-6-19-7-5-8-20(15-18-9-11-21(24)12-10-18)23(19)26-28-17(2)22-16-25-13-14-27-22/h9-12,15,17,19,22,25H,3-8,13-14,16H2,1-2H3/b20-15+,26-23+. The molecular weight excluding hydrogens is 372 g/mol. The van der Waals surface area contributed by atoms with Gasteiger partial charge >= 0.3 is 0 Å². The van der Waals surface area contributed by atoms with E-state index in [4.69, 9.17) is 26.3 Å². The molecule has 0 bridgehead atoms. The van der Waals surface area contributed by atoms with Gasteiger partial charge in [-0.2, -0.15) is 0 Å². The molecule has 1 N–H and O–H groups in total. The summed E-state index contributed by atoms with van der Waals surface area (Å²) in [6, 6.07) is 8.00. The van der Waals surface area contributed by atoms with Crippen molar-refractivity contribution in [3.63, 3.8) is 0 Å². The van der Waals surface area contributed by atoms with Crippen molar-refractivity contribution in [1.82, 2.24) is 5.32 Å². The minimum absolute atomic E-state index is 0.0551. The van der Waals surface area contributed by atoms with Gasteiger partial charge in [-0.3, -0.25) is 0 Å². The maximum atomic E-state index is 6.04. The Morgan fingerprint density at radius 3 is 2.89 bits per heavy atom. The van der Waals surface area contributed by atoms with Gasteiger partial charge in [-0.25, -0.2) is 0 Å². The molecular formula is C23H33ClN2O2. The number of ether oxygens (including phenoxy) is 1. The summed E-state index contributed by atoms with van der Waals surface area (Å²) in [5, 5.41) is 8.83. The highest BCUT2D eigenvalue weighted by Crippen LogP contribution is 2.32. The zero-order valence-electron chi connectivity index (χ0n) is 17.1. The number of halogens is 1. The van der Waals surface area contributed by atoms with Crippen molar-refractivity contribution in [3.8, 4) is 0 Å². The van der Waals surface area contributed by atoms with Crippen LogP contribution in [0.4, 0.5) is 0 Å². The molecule has 0 radical (unpaired) electrons. The lowest BCUT2D eigenvalue weighted by Gasteiger charge is -2.29. The smallest absolute Gasteiger partial charge is 0.152 e. The third-order valence-electron chi connectivity index (χ3n) is 5.63. The number of rotatable bonds is 7. The highest BCUT2D eigenvalue weighted by Gasteiger charge is 2.27. The quantitative estimate of drug-likeness (QED) is 0.613. The molecule has 4 nitrogen and oxygen atoms in total. The molecule has 28 heavy (non-hydrogen) atoms. The Kier molecular flexibility index (Phi) is 8.38. The first-order valence-electron chi connectivity index (χ1n) is 10.7. The number of morpholine rings is 1. The van der Waals surface area contributed by atoms with Gasteiger partial charge in [-0.1, -0.05) is 48.7 Å². The second kappa shape index (κ2) is 11.0. The van der Waals surface area contributed by atoms with Crippen LogP contribution in [0, 0.1) is 5.92 Å². The van der Waals surface area contributed by atoms with Crippen LogP contribution in [-0.4, -0.2) is 37.6 Å².